The highest BCUT2D eigenvalue weighted by Crippen LogP contribution is 2.26. The van der Waals surface area contributed by atoms with Gasteiger partial charge >= 0.3 is 0 Å². The van der Waals surface area contributed by atoms with E-state index in [4.69, 9.17) is 15.2 Å². The summed E-state index contributed by atoms with van der Waals surface area (Å²) in [6, 6.07) is 8.96. The molecule has 0 saturated carbocycles. The van der Waals surface area contributed by atoms with Crippen LogP contribution in [0.25, 0.3) is 0 Å². The van der Waals surface area contributed by atoms with E-state index in [2.05, 4.69) is 5.32 Å². The van der Waals surface area contributed by atoms with Gasteiger partial charge in [-0.05, 0) is 24.3 Å². The van der Waals surface area contributed by atoms with E-state index in [1.54, 1.807) is 31.4 Å². The number of hydrogen-bond acceptors (Lipinski definition) is 4. The molecule has 0 radical (unpaired) electrons. The number of nitrogens with two attached hydrogens (primary N) is 1. The monoisotopic (exact) mass is 274 g/mol. The zero-order chi connectivity index (χ0) is 14.6. The Bertz CT molecular complexity index is 551. The summed E-state index contributed by atoms with van der Waals surface area (Å²) in [5.74, 6) is 0.371. The van der Waals surface area contributed by atoms with E-state index in [0.29, 0.717) is 23.4 Å². The van der Waals surface area contributed by atoms with Gasteiger partial charge in [-0.2, -0.15) is 0 Å². The molecule has 0 aromatic heterocycles. The molecule has 20 heavy (non-hydrogen) atoms. The van der Waals surface area contributed by atoms with Gasteiger partial charge in [0.2, 0.25) is 0 Å². The minimum atomic E-state index is -0.943. The van der Waals surface area contributed by atoms with E-state index in [9.17, 15) is 4.79 Å². The number of nitrogens with one attached hydrogen (secondary N) is 1. The molecule has 1 unspecified atom stereocenters. The summed E-state index contributed by atoms with van der Waals surface area (Å²) in [6.45, 7) is 0. The van der Waals surface area contributed by atoms with E-state index in [1.807, 2.05) is 18.2 Å². The highest BCUT2D eigenvalue weighted by atomic mass is 16.5. The molecule has 1 aromatic rings. The van der Waals surface area contributed by atoms with Crippen LogP contribution in [0, 0.1) is 0 Å². The summed E-state index contributed by atoms with van der Waals surface area (Å²) in [5, 5.41) is 2.87. The minimum Gasteiger partial charge on any atom is -0.499 e. The van der Waals surface area contributed by atoms with Crippen molar-refractivity contribution >= 4 is 5.91 Å². The van der Waals surface area contributed by atoms with Gasteiger partial charge in [-0.25, -0.2) is 0 Å². The SMILES string of the molecule is COC1=C(N)C=CC(NC(=O)c2ccccc2)(OC)C1. The third kappa shape index (κ3) is 2.83. The maximum Gasteiger partial charge on any atom is 0.253 e. The molecule has 0 saturated heterocycles. The van der Waals surface area contributed by atoms with E-state index >= 15 is 0 Å². The van der Waals surface area contributed by atoms with Crippen molar-refractivity contribution in [3.63, 3.8) is 0 Å². The van der Waals surface area contributed by atoms with Gasteiger partial charge in [-0.1, -0.05) is 18.2 Å². The molecule has 0 heterocycles. The number of rotatable bonds is 4. The molecule has 1 amide bonds. The molecule has 106 valence electrons. The lowest BCUT2D eigenvalue weighted by Gasteiger charge is -2.33. The number of carbonyl (C=O) groups is 1. The van der Waals surface area contributed by atoms with Crippen LogP contribution in [0.2, 0.25) is 0 Å². The van der Waals surface area contributed by atoms with Gasteiger partial charge in [-0.3, -0.25) is 4.79 Å². The number of carbonyl (C=O) groups excluding carboxylic acids is 1. The van der Waals surface area contributed by atoms with Gasteiger partial charge in [0, 0.05) is 12.7 Å². The van der Waals surface area contributed by atoms with Crippen LogP contribution in [0.3, 0.4) is 0 Å². The molecule has 1 aromatic carbocycles. The van der Waals surface area contributed by atoms with Gasteiger partial charge < -0.3 is 20.5 Å². The first-order valence-corrected chi connectivity index (χ1v) is 6.25. The van der Waals surface area contributed by atoms with Crippen molar-refractivity contribution in [2.45, 2.75) is 12.1 Å². The summed E-state index contributed by atoms with van der Waals surface area (Å²) in [6.07, 6.45) is 3.75. The standard InChI is InChI=1S/C15H18N2O3/c1-19-13-10-15(20-2,9-8-12(13)16)17-14(18)11-6-4-3-5-7-11/h3-9H,10,16H2,1-2H3,(H,17,18). The van der Waals surface area contributed by atoms with Crippen molar-refractivity contribution in [2.75, 3.05) is 14.2 Å². The van der Waals surface area contributed by atoms with Crippen molar-refractivity contribution in [1.29, 1.82) is 0 Å². The average molecular weight is 274 g/mol. The third-order valence-corrected chi connectivity index (χ3v) is 3.25. The first kappa shape index (κ1) is 14.1. The fourth-order valence-corrected chi connectivity index (χ4v) is 2.04. The highest BCUT2D eigenvalue weighted by molar-refractivity contribution is 5.94. The van der Waals surface area contributed by atoms with E-state index in [1.165, 1.54) is 7.11 Å². The molecule has 5 heteroatoms. The second-order valence-electron chi connectivity index (χ2n) is 4.51. The number of benzene rings is 1. The van der Waals surface area contributed by atoms with Crippen molar-refractivity contribution in [1.82, 2.24) is 5.32 Å². The maximum atomic E-state index is 12.2. The van der Waals surface area contributed by atoms with Crippen molar-refractivity contribution < 1.29 is 14.3 Å². The van der Waals surface area contributed by atoms with Crippen LogP contribution >= 0.6 is 0 Å². The zero-order valence-electron chi connectivity index (χ0n) is 11.6. The van der Waals surface area contributed by atoms with Crippen LogP contribution in [0.15, 0.2) is 53.9 Å². The van der Waals surface area contributed by atoms with Gasteiger partial charge in [-0.15, -0.1) is 0 Å². The lowest BCUT2D eigenvalue weighted by Crippen LogP contribution is -2.50. The molecular formula is C15H18N2O3. The first-order valence-electron chi connectivity index (χ1n) is 6.25. The molecule has 2 rings (SSSR count). The zero-order valence-corrected chi connectivity index (χ0v) is 11.6. The van der Waals surface area contributed by atoms with Crippen LogP contribution in [-0.4, -0.2) is 25.9 Å². The molecule has 1 aliphatic carbocycles. The van der Waals surface area contributed by atoms with Crippen LogP contribution in [0.1, 0.15) is 16.8 Å². The maximum absolute atomic E-state index is 12.2. The van der Waals surface area contributed by atoms with Crippen LogP contribution < -0.4 is 11.1 Å². The predicted molar refractivity (Wildman–Crippen MR) is 75.6 cm³/mol. The Kier molecular flexibility index (Phi) is 4.10. The first-order chi connectivity index (χ1) is 9.60. The van der Waals surface area contributed by atoms with Crippen LogP contribution in [0.4, 0.5) is 0 Å². The largest absolute Gasteiger partial charge is 0.499 e. The van der Waals surface area contributed by atoms with Gasteiger partial charge in [0.1, 0.15) is 5.76 Å². The Labute approximate surface area is 118 Å². The van der Waals surface area contributed by atoms with E-state index in [0.717, 1.165) is 0 Å². The lowest BCUT2D eigenvalue weighted by molar-refractivity contribution is -0.00531. The molecular weight excluding hydrogens is 256 g/mol. The molecule has 0 fully saturated rings. The molecule has 1 atom stereocenters. The average Bonchev–Trinajstić information content (AvgIpc) is 2.50. The van der Waals surface area contributed by atoms with Gasteiger partial charge in [0.05, 0.1) is 19.2 Å². The molecule has 0 bridgehead atoms. The number of ether oxygens (including phenoxy) is 2. The molecule has 3 N–H and O–H groups in total. The van der Waals surface area contributed by atoms with E-state index < -0.39 is 5.72 Å². The Hall–Kier alpha value is -2.27. The summed E-state index contributed by atoms with van der Waals surface area (Å²) in [7, 11) is 3.07. The minimum absolute atomic E-state index is 0.215. The van der Waals surface area contributed by atoms with Crippen molar-refractivity contribution in [3.05, 3.63) is 59.5 Å². The molecule has 5 nitrogen and oxygen atoms in total. The van der Waals surface area contributed by atoms with Crippen LogP contribution in [0.5, 0.6) is 0 Å². The summed E-state index contributed by atoms with van der Waals surface area (Å²) in [4.78, 5) is 12.2. The topological polar surface area (TPSA) is 73.6 Å². The number of allylic oxidation sites excluding steroid dienone is 1. The van der Waals surface area contributed by atoms with E-state index in [-0.39, 0.29) is 5.91 Å². The highest BCUT2D eigenvalue weighted by Gasteiger charge is 2.34. The molecule has 1 aliphatic rings. The smallest absolute Gasteiger partial charge is 0.253 e. The number of methoxy groups -OCH3 is 2. The van der Waals surface area contributed by atoms with Crippen molar-refractivity contribution in [3.8, 4) is 0 Å². The molecule has 0 aliphatic heterocycles. The second-order valence-corrected chi connectivity index (χ2v) is 4.51. The second kappa shape index (κ2) is 5.79. The quantitative estimate of drug-likeness (QED) is 0.817. The summed E-state index contributed by atoms with van der Waals surface area (Å²) in [5.41, 5.74) is 5.97. The van der Waals surface area contributed by atoms with Gasteiger partial charge in [0.25, 0.3) is 5.91 Å². The number of amides is 1. The Morgan fingerprint density at radius 3 is 2.60 bits per heavy atom. The summed E-state index contributed by atoms with van der Waals surface area (Å²) >= 11 is 0. The Morgan fingerprint density at radius 2 is 2.00 bits per heavy atom. The lowest BCUT2D eigenvalue weighted by atomic mass is 10.00. The Morgan fingerprint density at radius 1 is 1.30 bits per heavy atom. The predicted octanol–water partition coefficient (Wildman–Crippen LogP) is 1.54. The normalized spacial score (nSPS) is 21.7. The Balaban J connectivity index is 2.18. The van der Waals surface area contributed by atoms with Gasteiger partial charge in [0.15, 0.2) is 5.72 Å². The fraction of sp³-hybridized carbons (Fsp3) is 0.267. The number of hydrogen-bond donors (Lipinski definition) is 2. The summed E-state index contributed by atoms with van der Waals surface area (Å²) < 4.78 is 10.7. The van der Waals surface area contributed by atoms with Crippen LogP contribution in [-0.2, 0) is 9.47 Å². The van der Waals surface area contributed by atoms with Crippen molar-refractivity contribution in [2.24, 2.45) is 5.73 Å². The third-order valence-electron chi connectivity index (χ3n) is 3.25. The fourth-order valence-electron chi connectivity index (χ4n) is 2.04. The molecule has 0 spiro atoms.